The fourth-order valence-corrected chi connectivity index (χ4v) is 4.55. The molecule has 2 aromatic rings. The molecular formula is C23H28N2O3. The van der Waals surface area contributed by atoms with E-state index in [0.717, 1.165) is 60.7 Å². The van der Waals surface area contributed by atoms with Gasteiger partial charge in [-0.05, 0) is 56.6 Å². The first-order valence-electron chi connectivity index (χ1n) is 10.5. The lowest BCUT2D eigenvalue weighted by Crippen LogP contribution is -2.46. The maximum Gasteiger partial charge on any atom is 0.339 e. The van der Waals surface area contributed by atoms with Crippen molar-refractivity contribution in [2.45, 2.75) is 70.9 Å². The molecule has 1 saturated carbocycles. The van der Waals surface area contributed by atoms with Crippen molar-refractivity contribution in [1.82, 2.24) is 10.3 Å². The zero-order chi connectivity index (χ0) is 19.7. The van der Waals surface area contributed by atoms with Crippen molar-refractivity contribution in [3.05, 3.63) is 41.1 Å². The number of amides is 1. The number of ether oxygens (including phenoxy) is 1. The highest BCUT2D eigenvalue weighted by molar-refractivity contribution is 6.06. The average Bonchev–Trinajstić information content (AvgIpc) is 3.15. The van der Waals surface area contributed by atoms with Gasteiger partial charge in [0.25, 0.3) is 5.91 Å². The molecule has 28 heavy (non-hydrogen) atoms. The van der Waals surface area contributed by atoms with Crippen molar-refractivity contribution in [2.75, 3.05) is 0 Å². The van der Waals surface area contributed by atoms with Gasteiger partial charge in [-0.25, -0.2) is 4.79 Å². The molecule has 1 aromatic heterocycles. The van der Waals surface area contributed by atoms with Gasteiger partial charge in [-0.2, -0.15) is 0 Å². The van der Waals surface area contributed by atoms with Gasteiger partial charge in [0, 0.05) is 17.1 Å². The number of aryl methyl sites for hydroxylation is 1. The van der Waals surface area contributed by atoms with Crippen molar-refractivity contribution < 1.29 is 14.3 Å². The van der Waals surface area contributed by atoms with Crippen molar-refractivity contribution in [3.63, 3.8) is 0 Å². The summed E-state index contributed by atoms with van der Waals surface area (Å²) >= 11 is 0. The van der Waals surface area contributed by atoms with E-state index in [1.165, 1.54) is 6.42 Å². The summed E-state index contributed by atoms with van der Waals surface area (Å²) in [4.78, 5) is 30.4. The van der Waals surface area contributed by atoms with Gasteiger partial charge >= 0.3 is 5.97 Å². The van der Waals surface area contributed by atoms with Crippen LogP contribution in [0.15, 0.2) is 24.3 Å². The number of hydrogen-bond donors (Lipinski definition) is 1. The fraction of sp³-hybridized carbons (Fsp3) is 0.522. The average molecular weight is 380 g/mol. The van der Waals surface area contributed by atoms with Crippen LogP contribution < -0.4 is 5.32 Å². The molecule has 1 heterocycles. The molecule has 1 aromatic carbocycles. The number of aromatic nitrogens is 1. The third-order valence-electron chi connectivity index (χ3n) is 6.22. The Bertz CT molecular complexity index is 908. The Hall–Kier alpha value is -2.43. The summed E-state index contributed by atoms with van der Waals surface area (Å²) < 4.78 is 5.63. The number of para-hydroxylation sites is 1. The first-order chi connectivity index (χ1) is 13.5. The molecule has 1 amide bonds. The van der Waals surface area contributed by atoms with E-state index in [1.807, 2.05) is 24.3 Å². The quantitative estimate of drug-likeness (QED) is 0.815. The van der Waals surface area contributed by atoms with Crippen molar-refractivity contribution in [2.24, 2.45) is 5.92 Å². The van der Waals surface area contributed by atoms with Crippen molar-refractivity contribution >= 4 is 22.8 Å². The molecule has 5 heteroatoms. The van der Waals surface area contributed by atoms with Crippen molar-refractivity contribution in [3.8, 4) is 0 Å². The summed E-state index contributed by atoms with van der Waals surface area (Å²) in [7, 11) is 0. The number of hydrogen-bond acceptors (Lipinski definition) is 4. The van der Waals surface area contributed by atoms with Crippen molar-refractivity contribution in [1.29, 1.82) is 0 Å². The first-order valence-corrected chi connectivity index (χ1v) is 10.5. The number of rotatable bonds is 4. The Morgan fingerprint density at radius 1 is 1.14 bits per heavy atom. The molecular weight excluding hydrogens is 352 g/mol. The molecule has 2 aliphatic carbocycles. The minimum absolute atomic E-state index is 0.174. The van der Waals surface area contributed by atoms with Crippen LogP contribution in [0.25, 0.3) is 10.9 Å². The van der Waals surface area contributed by atoms with E-state index in [-0.39, 0.29) is 11.9 Å². The van der Waals surface area contributed by atoms with E-state index < -0.39 is 12.1 Å². The van der Waals surface area contributed by atoms with Crippen LogP contribution in [-0.4, -0.2) is 29.0 Å². The minimum Gasteiger partial charge on any atom is -0.449 e. The molecule has 0 aliphatic heterocycles. The molecule has 0 bridgehead atoms. The smallest absolute Gasteiger partial charge is 0.339 e. The highest BCUT2D eigenvalue weighted by atomic mass is 16.5. The minimum atomic E-state index is -0.814. The van der Waals surface area contributed by atoms with Gasteiger partial charge in [-0.15, -0.1) is 0 Å². The third-order valence-corrected chi connectivity index (χ3v) is 6.22. The van der Waals surface area contributed by atoms with Gasteiger partial charge in [0.1, 0.15) is 0 Å². The summed E-state index contributed by atoms with van der Waals surface area (Å²) in [6, 6.07) is 7.83. The summed E-state index contributed by atoms with van der Waals surface area (Å²) in [5.74, 6) is -0.161. The Labute approximate surface area is 165 Å². The second kappa shape index (κ2) is 7.90. The van der Waals surface area contributed by atoms with Gasteiger partial charge in [-0.3, -0.25) is 9.78 Å². The molecule has 1 fully saturated rings. The van der Waals surface area contributed by atoms with Crippen LogP contribution in [0.1, 0.15) is 67.6 Å². The summed E-state index contributed by atoms with van der Waals surface area (Å²) in [5, 5.41) is 3.89. The lowest BCUT2D eigenvalue weighted by molar-refractivity contribution is -0.130. The molecule has 0 radical (unpaired) electrons. The number of pyridine rings is 1. The number of nitrogens with zero attached hydrogens (tertiary/aromatic N) is 1. The standard InChI is InChI=1S/C23H28N2O3/c1-14-8-3-5-11-18(14)25-22(26)15(2)28-23(27)21-16-9-4-6-12-19(16)24-20-13-7-10-17(20)21/h4,6,9,12,14-15,18H,3,5,7-8,10-11,13H2,1-2H3,(H,25,26)/t14-,15+,18+/m0/s1. The molecule has 0 unspecified atom stereocenters. The molecule has 1 N–H and O–H groups in total. The highest BCUT2D eigenvalue weighted by Crippen LogP contribution is 2.31. The lowest BCUT2D eigenvalue weighted by atomic mass is 9.86. The molecule has 0 spiro atoms. The summed E-state index contributed by atoms with van der Waals surface area (Å²) in [6.07, 6.45) is 6.38. The predicted molar refractivity (Wildman–Crippen MR) is 108 cm³/mol. The van der Waals surface area contributed by atoms with Crippen LogP contribution in [0.3, 0.4) is 0 Å². The van der Waals surface area contributed by atoms with E-state index in [0.29, 0.717) is 11.5 Å². The Morgan fingerprint density at radius 2 is 1.93 bits per heavy atom. The van der Waals surface area contributed by atoms with E-state index in [4.69, 9.17) is 9.72 Å². The number of carbonyl (C=O) groups excluding carboxylic acids is 2. The maximum absolute atomic E-state index is 13.1. The zero-order valence-corrected chi connectivity index (χ0v) is 16.7. The molecule has 3 atom stereocenters. The van der Waals surface area contributed by atoms with Gasteiger partial charge in [0.2, 0.25) is 0 Å². The molecule has 0 saturated heterocycles. The monoisotopic (exact) mass is 380 g/mol. The van der Waals surface area contributed by atoms with E-state index in [9.17, 15) is 9.59 Å². The Balaban J connectivity index is 1.53. The van der Waals surface area contributed by atoms with E-state index in [1.54, 1.807) is 6.92 Å². The van der Waals surface area contributed by atoms with Gasteiger partial charge < -0.3 is 10.1 Å². The molecule has 2 aliphatic rings. The number of carbonyl (C=O) groups is 2. The Kier molecular flexibility index (Phi) is 5.33. The van der Waals surface area contributed by atoms with Gasteiger partial charge in [0.05, 0.1) is 11.1 Å². The van der Waals surface area contributed by atoms with Crippen LogP contribution in [0.2, 0.25) is 0 Å². The first kappa shape index (κ1) is 18.9. The number of fused-ring (bicyclic) bond motifs is 2. The van der Waals surface area contributed by atoms with Gasteiger partial charge in [-0.1, -0.05) is 38.0 Å². The summed E-state index contributed by atoms with van der Waals surface area (Å²) in [6.45, 7) is 3.83. The largest absolute Gasteiger partial charge is 0.449 e. The molecule has 148 valence electrons. The summed E-state index contributed by atoms with van der Waals surface area (Å²) in [5.41, 5.74) is 3.36. The van der Waals surface area contributed by atoms with Crippen LogP contribution in [0.4, 0.5) is 0 Å². The molecule has 5 nitrogen and oxygen atoms in total. The van der Waals surface area contributed by atoms with E-state index in [2.05, 4.69) is 12.2 Å². The van der Waals surface area contributed by atoms with Crippen LogP contribution in [0, 0.1) is 5.92 Å². The van der Waals surface area contributed by atoms with E-state index >= 15 is 0 Å². The molecule has 4 rings (SSSR count). The number of benzene rings is 1. The third kappa shape index (κ3) is 3.62. The number of nitrogens with one attached hydrogen (secondary N) is 1. The highest BCUT2D eigenvalue weighted by Gasteiger charge is 2.29. The second-order valence-electron chi connectivity index (χ2n) is 8.21. The maximum atomic E-state index is 13.1. The topological polar surface area (TPSA) is 68.3 Å². The van der Waals surface area contributed by atoms with Gasteiger partial charge in [0.15, 0.2) is 6.10 Å². The van der Waals surface area contributed by atoms with Crippen LogP contribution in [-0.2, 0) is 22.4 Å². The normalized spacial score (nSPS) is 22.5. The van der Waals surface area contributed by atoms with Crippen LogP contribution >= 0.6 is 0 Å². The van der Waals surface area contributed by atoms with Crippen LogP contribution in [0.5, 0.6) is 0 Å². The Morgan fingerprint density at radius 3 is 2.75 bits per heavy atom. The lowest BCUT2D eigenvalue weighted by Gasteiger charge is -2.30. The SMILES string of the molecule is C[C@@H](OC(=O)c1c2c(nc3ccccc13)CCC2)C(=O)N[C@@H]1CCCC[C@@H]1C. The zero-order valence-electron chi connectivity index (χ0n) is 16.7. The fourth-order valence-electron chi connectivity index (χ4n) is 4.55. The number of esters is 1. The second-order valence-corrected chi connectivity index (χ2v) is 8.21. The predicted octanol–water partition coefficient (Wildman–Crippen LogP) is 3.96.